The van der Waals surface area contributed by atoms with Crippen molar-refractivity contribution >= 4 is 28.9 Å². The third-order valence-electron chi connectivity index (χ3n) is 4.89. The summed E-state index contributed by atoms with van der Waals surface area (Å²) in [5, 5.41) is 14.6. The third-order valence-corrected chi connectivity index (χ3v) is 5.30. The van der Waals surface area contributed by atoms with Crippen molar-refractivity contribution in [2.75, 3.05) is 11.9 Å². The molecule has 9 heteroatoms. The molecule has 0 aliphatic heterocycles. The van der Waals surface area contributed by atoms with Crippen molar-refractivity contribution in [1.29, 1.82) is 0 Å². The largest absolute Gasteiger partial charge is 0.494 e. The number of aryl methyl sites for hydroxylation is 1. The molecule has 2 aromatic carbocycles. The molecule has 0 saturated carbocycles. The minimum absolute atomic E-state index is 0.00755. The van der Waals surface area contributed by atoms with Crippen molar-refractivity contribution in [1.82, 2.24) is 0 Å². The number of carbonyl (C=O) groups excluding carboxylic acids is 1. The van der Waals surface area contributed by atoms with Crippen molar-refractivity contribution in [3.8, 4) is 11.5 Å². The molecule has 1 N–H and O–H groups in total. The van der Waals surface area contributed by atoms with E-state index in [2.05, 4.69) is 5.32 Å². The summed E-state index contributed by atoms with van der Waals surface area (Å²) in [6.07, 6.45) is 0. The molecular weight excluding hydrogens is 448 g/mol. The molecule has 1 aromatic heterocycles. The quantitative estimate of drug-likeness (QED) is 0.281. The second-order valence-corrected chi connectivity index (χ2v) is 8.08. The van der Waals surface area contributed by atoms with Crippen molar-refractivity contribution < 1.29 is 23.6 Å². The molecule has 0 spiro atoms. The van der Waals surface area contributed by atoms with Crippen LogP contribution in [0.15, 0.2) is 46.9 Å². The predicted molar refractivity (Wildman–Crippen MR) is 126 cm³/mol. The van der Waals surface area contributed by atoms with E-state index in [-0.39, 0.29) is 29.7 Å². The summed E-state index contributed by atoms with van der Waals surface area (Å²) >= 11 is 6.24. The molecule has 0 saturated heterocycles. The summed E-state index contributed by atoms with van der Waals surface area (Å²) in [4.78, 5) is 23.4. The van der Waals surface area contributed by atoms with Crippen molar-refractivity contribution in [2.24, 2.45) is 0 Å². The number of halogens is 1. The Balaban J connectivity index is 1.72. The molecule has 0 atom stereocenters. The third kappa shape index (κ3) is 5.84. The van der Waals surface area contributed by atoms with E-state index in [0.717, 1.165) is 11.1 Å². The van der Waals surface area contributed by atoms with Crippen LogP contribution in [0.4, 0.5) is 11.4 Å². The Labute approximate surface area is 196 Å². The lowest BCUT2D eigenvalue weighted by molar-refractivity contribution is -0.384. The fourth-order valence-corrected chi connectivity index (χ4v) is 3.35. The lowest BCUT2D eigenvalue weighted by Gasteiger charge is -2.15. The number of anilines is 1. The van der Waals surface area contributed by atoms with Crippen LogP contribution in [0.25, 0.3) is 0 Å². The van der Waals surface area contributed by atoms with Gasteiger partial charge >= 0.3 is 0 Å². The zero-order chi connectivity index (χ0) is 24.1. The first-order valence-electron chi connectivity index (χ1n) is 10.4. The first-order chi connectivity index (χ1) is 15.7. The Hall–Kier alpha value is -3.52. The second kappa shape index (κ2) is 10.4. The molecule has 0 aliphatic rings. The zero-order valence-electron chi connectivity index (χ0n) is 18.8. The number of rotatable bonds is 9. The maximum absolute atomic E-state index is 12.6. The van der Waals surface area contributed by atoms with E-state index in [0.29, 0.717) is 28.9 Å². The van der Waals surface area contributed by atoms with Crippen LogP contribution in [0.1, 0.15) is 54.1 Å². The molecule has 0 bridgehead atoms. The van der Waals surface area contributed by atoms with Gasteiger partial charge in [0.15, 0.2) is 5.76 Å². The Morgan fingerprint density at radius 1 is 1.18 bits per heavy atom. The van der Waals surface area contributed by atoms with E-state index < -0.39 is 10.8 Å². The van der Waals surface area contributed by atoms with Gasteiger partial charge in [-0.25, -0.2) is 0 Å². The van der Waals surface area contributed by atoms with Gasteiger partial charge in [0.1, 0.15) is 29.6 Å². The molecule has 0 radical (unpaired) electrons. The standard InChI is InChI=1S/C24H25ClN2O6/c1-5-31-16-6-8-20(21(11-16)27(29)30)26-24(28)22-9-7-17(33-22)13-32-23-10-15(4)19(25)12-18(23)14(2)3/h6-12,14H,5,13H2,1-4H3,(H,26,28). The van der Waals surface area contributed by atoms with E-state index in [1.165, 1.54) is 18.2 Å². The fourth-order valence-electron chi connectivity index (χ4n) is 3.18. The van der Waals surface area contributed by atoms with Gasteiger partial charge in [0.05, 0.1) is 17.6 Å². The number of nitro benzene ring substituents is 1. The van der Waals surface area contributed by atoms with Gasteiger partial charge in [-0.3, -0.25) is 14.9 Å². The van der Waals surface area contributed by atoms with E-state index in [1.807, 2.05) is 32.9 Å². The van der Waals surface area contributed by atoms with Gasteiger partial charge in [-0.15, -0.1) is 0 Å². The maximum atomic E-state index is 12.6. The average Bonchev–Trinajstić information content (AvgIpc) is 3.24. The number of nitro groups is 1. The van der Waals surface area contributed by atoms with E-state index in [4.69, 9.17) is 25.5 Å². The predicted octanol–water partition coefficient (Wildman–Crippen LogP) is 6.50. The number of hydrogen-bond acceptors (Lipinski definition) is 6. The number of nitrogens with zero attached hydrogens (tertiary/aromatic N) is 1. The second-order valence-electron chi connectivity index (χ2n) is 7.67. The molecule has 3 aromatic rings. The summed E-state index contributed by atoms with van der Waals surface area (Å²) in [6, 6.07) is 11.1. The topological polar surface area (TPSA) is 104 Å². The summed E-state index contributed by atoms with van der Waals surface area (Å²) in [5.74, 6) is 1.08. The molecule has 0 fully saturated rings. The highest BCUT2D eigenvalue weighted by atomic mass is 35.5. The Morgan fingerprint density at radius 3 is 2.61 bits per heavy atom. The van der Waals surface area contributed by atoms with E-state index in [9.17, 15) is 14.9 Å². The van der Waals surface area contributed by atoms with Crippen LogP contribution in [0.5, 0.6) is 11.5 Å². The van der Waals surface area contributed by atoms with Crippen LogP contribution < -0.4 is 14.8 Å². The Kier molecular flexibility index (Phi) is 7.60. The highest BCUT2D eigenvalue weighted by Crippen LogP contribution is 2.33. The monoisotopic (exact) mass is 472 g/mol. The van der Waals surface area contributed by atoms with Gasteiger partial charge in [0, 0.05) is 5.02 Å². The lowest BCUT2D eigenvalue weighted by atomic mass is 10.0. The van der Waals surface area contributed by atoms with Gasteiger partial charge in [0.25, 0.3) is 11.6 Å². The summed E-state index contributed by atoms with van der Waals surface area (Å²) < 4.78 is 16.8. The maximum Gasteiger partial charge on any atom is 0.296 e. The zero-order valence-corrected chi connectivity index (χ0v) is 19.6. The summed E-state index contributed by atoms with van der Waals surface area (Å²) in [6.45, 7) is 8.24. The summed E-state index contributed by atoms with van der Waals surface area (Å²) in [5.41, 5.74) is 1.63. The van der Waals surface area contributed by atoms with Crippen molar-refractivity contribution in [3.05, 3.63) is 80.2 Å². The molecule has 3 rings (SSSR count). The van der Waals surface area contributed by atoms with Gasteiger partial charge in [0.2, 0.25) is 0 Å². The number of ether oxygens (including phenoxy) is 2. The van der Waals surface area contributed by atoms with Crippen LogP contribution >= 0.6 is 11.6 Å². The van der Waals surface area contributed by atoms with E-state index in [1.54, 1.807) is 19.1 Å². The van der Waals surface area contributed by atoms with Crippen molar-refractivity contribution in [2.45, 2.75) is 40.2 Å². The van der Waals surface area contributed by atoms with Crippen LogP contribution in [0.2, 0.25) is 5.02 Å². The van der Waals surface area contributed by atoms with Crippen LogP contribution in [0, 0.1) is 17.0 Å². The first kappa shape index (κ1) is 24.1. The minimum atomic E-state index is -0.612. The van der Waals surface area contributed by atoms with Crippen LogP contribution in [-0.4, -0.2) is 17.4 Å². The minimum Gasteiger partial charge on any atom is -0.494 e. The van der Waals surface area contributed by atoms with Crippen molar-refractivity contribution in [3.63, 3.8) is 0 Å². The first-order valence-corrected chi connectivity index (χ1v) is 10.8. The molecule has 8 nitrogen and oxygen atoms in total. The number of carbonyl (C=O) groups is 1. The molecule has 33 heavy (non-hydrogen) atoms. The Bertz CT molecular complexity index is 1170. The molecular formula is C24H25ClN2O6. The number of furan rings is 1. The lowest BCUT2D eigenvalue weighted by Crippen LogP contribution is -2.12. The van der Waals surface area contributed by atoms with Gasteiger partial charge in [-0.1, -0.05) is 25.4 Å². The number of benzene rings is 2. The fraction of sp³-hybridized carbons (Fsp3) is 0.292. The number of hydrogen-bond donors (Lipinski definition) is 1. The summed E-state index contributed by atoms with van der Waals surface area (Å²) in [7, 11) is 0. The molecule has 1 heterocycles. The van der Waals surface area contributed by atoms with Crippen LogP contribution in [0.3, 0.4) is 0 Å². The number of amides is 1. The number of nitrogens with one attached hydrogen (secondary N) is 1. The average molecular weight is 473 g/mol. The highest BCUT2D eigenvalue weighted by molar-refractivity contribution is 6.31. The SMILES string of the molecule is CCOc1ccc(NC(=O)c2ccc(COc3cc(C)c(Cl)cc3C(C)C)o2)c([N+](=O)[O-])c1. The van der Waals surface area contributed by atoms with E-state index >= 15 is 0 Å². The van der Waals surface area contributed by atoms with Gasteiger partial charge in [-0.05, 0) is 67.3 Å². The van der Waals surface area contributed by atoms with Crippen LogP contribution in [-0.2, 0) is 6.61 Å². The molecule has 1 amide bonds. The normalized spacial score (nSPS) is 10.8. The molecule has 0 unspecified atom stereocenters. The van der Waals surface area contributed by atoms with Gasteiger partial charge in [-0.2, -0.15) is 0 Å². The van der Waals surface area contributed by atoms with Gasteiger partial charge < -0.3 is 19.2 Å². The molecule has 0 aliphatic carbocycles. The molecule has 174 valence electrons. The highest BCUT2D eigenvalue weighted by Gasteiger charge is 2.20. The smallest absolute Gasteiger partial charge is 0.296 e. The Morgan fingerprint density at radius 2 is 1.94 bits per heavy atom.